The van der Waals surface area contributed by atoms with Crippen LogP contribution in [0.5, 0.6) is 0 Å². The summed E-state index contributed by atoms with van der Waals surface area (Å²) in [5, 5.41) is 9.52. The molecule has 0 aliphatic carbocycles. The van der Waals surface area contributed by atoms with Gasteiger partial charge in [0.25, 0.3) is 0 Å². The Morgan fingerprint density at radius 3 is 2.58 bits per heavy atom. The fourth-order valence-corrected chi connectivity index (χ4v) is 1.88. The molecule has 4 nitrogen and oxygen atoms in total. The first kappa shape index (κ1) is 13.3. The summed E-state index contributed by atoms with van der Waals surface area (Å²) >= 11 is 0. The molecule has 0 unspecified atom stereocenters. The normalized spacial score (nSPS) is 10.7. The summed E-state index contributed by atoms with van der Waals surface area (Å²) in [5.41, 5.74) is 7.43. The number of H-pyrrole nitrogens is 1. The number of nitrogens with zero attached hydrogens (tertiary/aromatic N) is 1. The number of nitrogen functional groups attached to an aromatic ring is 1. The number of rotatable bonds is 5. The summed E-state index contributed by atoms with van der Waals surface area (Å²) in [6.45, 7) is 2.41. The van der Waals surface area contributed by atoms with Crippen LogP contribution in [0, 0.1) is 18.6 Å². The van der Waals surface area contributed by atoms with E-state index in [1.807, 2.05) is 6.92 Å². The molecule has 0 saturated carbocycles. The van der Waals surface area contributed by atoms with Crippen LogP contribution in [0.3, 0.4) is 0 Å². The largest absolute Gasteiger partial charge is 0.399 e. The second kappa shape index (κ2) is 5.69. The molecule has 102 valence electrons. The van der Waals surface area contributed by atoms with E-state index in [0.717, 1.165) is 36.2 Å². The van der Waals surface area contributed by atoms with Gasteiger partial charge in [0, 0.05) is 17.9 Å². The van der Waals surface area contributed by atoms with Crippen LogP contribution in [-0.2, 0) is 6.42 Å². The molecule has 0 radical (unpaired) electrons. The van der Waals surface area contributed by atoms with Gasteiger partial charge in [-0.2, -0.15) is 5.10 Å². The highest BCUT2D eigenvalue weighted by atomic mass is 19.1. The number of anilines is 2. The summed E-state index contributed by atoms with van der Waals surface area (Å²) in [7, 11) is 0. The quantitative estimate of drug-likeness (QED) is 0.575. The molecule has 0 aliphatic heterocycles. The molecule has 6 heteroatoms. The van der Waals surface area contributed by atoms with Gasteiger partial charge in [0.2, 0.25) is 0 Å². The van der Waals surface area contributed by atoms with Crippen LogP contribution in [-0.4, -0.2) is 16.7 Å². The monoisotopic (exact) mass is 266 g/mol. The van der Waals surface area contributed by atoms with Gasteiger partial charge in [0.1, 0.15) is 5.69 Å². The van der Waals surface area contributed by atoms with Crippen molar-refractivity contribution in [3.05, 3.63) is 41.2 Å². The number of aromatic amines is 1. The summed E-state index contributed by atoms with van der Waals surface area (Å²) in [6, 6.07) is 2.21. The van der Waals surface area contributed by atoms with Gasteiger partial charge < -0.3 is 11.1 Å². The van der Waals surface area contributed by atoms with E-state index in [2.05, 4.69) is 15.5 Å². The van der Waals surface area contributed by atoms with Crippen LogP contribution in [0.15, 0.2) is 18.3 Å². The third-order valence-corrected chi connectivity index (χ3v) is 2.92. The molecule has 1 aromatic carbocycles. The Hall–Kier alpha value is -2.11. The molecule has 0 fully saturated rings. The first-order valence-electron chi connectivity index (χ1n) is 6.05. The van der Waals surface area contributed by atoms with Gasteiger partial charge in [-0.15, -0.1) is 0 Å². The van der Waals surface area contributed by atoms with Crippen molar-refractivity contribution in [2.75, 3.05) is 17.6 Å². The van der Waals surface area contributed by atoms with Crippen molar-refractivity contribution in [3.63, 3.8) is 0 Å². The molecule has 0 aliphatic rings. The van der Waals surface area contributed by atoms with Crippen molar-refractivity contribution in [1.82, 2.24) is 10.2 Å². The fraction of sp³-hybridized carbons (Fsp3) is 0.308. The standard InChI is InChI=1S/C13H16F2N4/c1-8-9(7-18-19-8)3-2-4-17-13-11(14)5-10(16)6-12(13)15/h5-7,17H,2-4,16H2,1H3,(H,18,19). The Balaban J connectivity index is 1.88. The Bertz CT molecular complexity index is 543. The number of nitrogens with one attached hydrogen (secondary N) is 2. The van der Waals surface area contributed by atoms with Crippen molar-refractivity contribution in [1.29, 1.82) is 0 Å². The maximum atomic E-state index is 13.5. The van der Waals surface area contributed by atoms with Crippen LogP contribution in [0.2, 0.25) is 0 Å². The Kier molecular flexibility index (Phi) is 3.99. The molecule has 0 spiro atoms. The van der Waals surface area contributed by atoms with Gasteiger partial charge in [0.15, 0.2) is 11.6 Å². The molecule has 1 aromatic heterocycles. The number of benzene rings is 1. The lowest BCUT2D eigenvalue weighted by atomic mass is 10.1. The number of halogens is 2. The Morgan fingerprint density at radius 1 is 1.32 bits per heavy atom. The van der Waals surface area contributed by atoms with Crippen LogP contribution >= 0.6 is 0 Å². The number of hydrogen-bond acceptors (Lipinski definition) is 3. The Morgan fingerprint density at radius 2 is 2.00 bits per heavy atom. The first-order valence-corrected chi connectivity index (χ1v) is 6.05. The van der Waals surface area contributed by atoms with E-state index in [0.29, 0.717) is 6.54 Å². The van der Waals surface area contributed by atoms with Gasteiger partial charge in [-0.05, 0) is 37.5 Å². The summed E-state index contributed by atoms with van der Waals surface area (Å²) in [6.07, 6.45) is 3.32. The van der Waals surface area contributed by atoms with Gasteiger partial charge in [-0.3, -0.25) is 5.10 Å². The third kappa shape index (κ3) is 3.21. The minimum absolute atomic E-state index is 0.0783. The molecule has 19 heavy (non-hydrogen) atoms. The highest BCUT2D eigenvalue weighted by Crippen LogP contribution is 2.21. The van der Waals surface area contributed by atoms with E-state index in [1.54, 1.807) is 6.20 Å². The smallest absolute Gasteiger partial charge is 0.151 e. The van der Waals surface area contributed by atoms with Crippen LogP contribution in [0.25, 0.3) is 0 Å². The minimum atomic E-state index is -0.669. The summed E-state index contributed by atoms with van der Waals surface area (Å²) < 4.78 is 27.0. The van der Waals surface area contributed by atoms with Gasteiger partial charge in [-0.1, -0.05) is 0 Å². The molecule has 2 rings (SSSR count). The fourth-order valence-electron chi connectivity index (χ4n) is 1.88. The van der Waals surface area contributed by atoms with Crippen molar-refractivity contribution in [3.8, 4) is 0 Å². The van der Waals surface area contributed by atoms with E-state index in [9.17, 15) is 8.78 Å². The van der Waals surface area contributed by atoms with Crippen molar-refractivity contribution in [2.45, 2.75) is 19.8 Å². The van der Waals surface area contributed by atoms with E-state index in [1.165, 1.54) is 0 Å². The average molecular weight is 266 g/mol. The zero-order valence-corrected chi connectivity index (χ0v) is 10.6. The minimum Gasteiger partial charge on any atom is -0.399 e. The zero-order chi connectivity index (χ0) is 13.8. The van der Waals surface area contributed by atoms with Crippen molar-refractivity contribution >= 4 is 11.4 Å². The molecule has 0 amide bonds. The predicted octanol–water partition coefficient (Wildman–Crippen LogP) is 2.62. The molecule has 0 saturated heterocycles. The third-order valence-electron chi connectivity index (χ3n) is 2.92. The maximum absolute atomic E-state index is 13.5. The topological polar surface area (TPSA) is 66.7 Å². The number of hydrogen-bond donors (Lipinski definition) is 3. The second-order valence-corrected chi connectivity index (χ2v) is 4.41. The highest BCUT2D eigenvalue weighted by molar-refractivity contribution is 5.53. The SMILES string of the molecule is Cc1[nH]ncc1CCCNc1c(F)cc(N)cc1F. The lowest BCUT2D eigenvalue weighted by Crippen LogP contribution is -2.07. The van der Waals surface area contributed by atoms with Crippen LogP contribution in [0.1, 0.15) is 17.7 Å². The second-order valence-electron chi connectivity index (χ2n) is 4.41. The first-order chi connectivity index (χ1) is 9.08. The van der Waals surface area contributed by atoms with Gasteiger partial charge in [-0.25, -0.2) is 8.78 Å². The van der Waals surface area contributed by atoms with E-state index in [4.69, 9.17) is 5.73 Å². The van der Waals surface area contributed by atoms with Gasteiger partial charge in [0.05, 0.1) is 6.20 Å². The lowest BCUT2D eigenvalue weighted by Gasteiger charge is -2.09. The number of nitrogens with two attached hydrogens (primary N) is 1. The lowest BCUT2D eigenvalue weighted by molar-refractivity contribution is 0.588. The average Bonchev–Trinajstić information content (AvgIpc) is 2.73. The molecule has 0 bridgehead atoms. The molecule has 0 atom stereocenters. The molecule has 2 aromatic rings. The van der Waals surface area contributed by atoms with Crippen molar-refractivity contribution in [2.24, 2.45) is 0 Å². The summed E-state index contributed by atoms with van der Waals surface area (Å²) in [5.74, 6) is -1.34. The van der Waals surface area contributed by atoms with Crippen LogP contribution < -0.4 is 11.1 Å². The number of aryl methyl sites for hydroxylation is 2. The molecule has 1 heterocycles. The van der Waals surface area contributed by atoms with Crippen molar-refractivity contribution < 1.29 is 8.78 Å². The van der Waals surface area contributed by atoms with Gasteiger partial charge >= 0.3 is 0 Å². The summed E-state index contributed by atoms with van der Waals surface area (Å²) in [4.78, 5) is 0. The van der Waals surface area contributed by atoms with Crippen LogP contribution in [0.4, 0.5) is 20.2 Å². The number of aromatic nitrogens is 2. The van der Waals surface area contributed by atoms with E-state index in [-0.39, 0.29) is 11.4 Å². The van der Waals surface area contributed by atoms with E-state index >= 15 is 0 Å². The maximum Gasteiger partial charge on any atom is 0.151 e. The Labute approximate surface area is 110 Å². The molecule has 4 N–H and O–H groups in total. The van der Waals surface area contributed by atoms with E-state index < -0.39 is 11.6 Å². The molecular weight excluding hydrogens is 250 g/mol. The zero-order valence-electron chi connectivity index (χ0n) is 10.6. The predicted molar refractivity (Wildman–Crippen MR) is 70.9 cm³/mol. The highest BCUT2D eigenvalue weighted by Gasteiger charge is 2.09. The molecular formula is C13H16F2N4.